The van der Waals surface area contributed by atoms with Crippen LogP contribution in [0.5, 0.6) is 0 Å². The van der Waals surface area contributed by atoms with E-state index in [-0.39, 0.29) is 12.3 Å². The number of benzene rings is 3. The van der Waals surface area contributed by atoms with Gasteiger partial charge in [-0.25, -0.2) is 4.68 Å². The number of hydrogen-bond acceptors (Lipinski definition) is 4. The van der Waals surface area contributed by atoms with Crippen molar-refractivity contribution < 1.29 is 4.79 Å². The van der Waals surface area contributed by atoms with Crippen LogP contribution in [0, 0.1) is 11.7 Å². The minimum atomic E-state index is -0.0931. The number of para-hydroxylation sites is 1. The molecule has 0 radical (unpaired) electrons. The quantitative estimate of drug-likeness (QED) is 0.240. The molecule has 0 bridgehead atoms. The number of aryl methyl sites for hydroxylation is 1. The normalized spacial score (nSPS) is 10.8. The lowest BCUT2D eigenvalue weighted by atomic mass is 10.1. The molecular weight excluding hydrogens is 463 g/mol. The van der Waals surface area contributed by atoms with Gasteiger partial charge in [-0.05, 0) is 79.3 Å². The molecule has 0 atom stereocenters. The minimum Gasteiger partial charge on any atom is -0.378 e. The average molecular weight is 483 g/mol. The smallest absolute Gasteiger partial charge is 0.203 e. The number of Topliss-reactive ketones (excluding diaryl/α,β-unsaturated/α-hetero) is 1. The van der Waals surface area contributed by atoms with Crippen molar-refractivity contribution in [3.05, 3.63) is 105 Å². The number of halogens is 2. The summed E-state index contributed by atoms with van der Waals surface area (Å²) in [7, 11) is 0. The molecule has 0 fully saturated rings. The molecule has 4 aromatic rings. The van der Waals surface area contributed by atoms with E-state index in [1.807, 2.05) is 60.0 Å². The van der Waals surface area contributed by atoms with Crippen LogP contribution in [0.3, 0.4) is 0 Å². The fourth-order valence-corrected chi connectivity index (χ4v) is 3.90. The number of ketones is 1. The Morgan fingerprint density at radius 1 is 0.969 bits per heavy atom. The van der Waals surface area contributed by atoms with Crippen LogP contribution >= 0.6 is 35.4 Å². The van der Waals surface area contributed by atoms with Gasteiger partial charge < -0.3 is 5.32 Å². The van der Waals surface area contributed by atoms with E-state index in [9.17, 15) is 4.79 Å². The van der Waals surface area contributed by atoms with E-state index in [0.29, 0.717) is 32.7 Å². The zero-order valence-electron chi connectivity index (χ0n) is 17.3. The van der Waals surface area contributed by atoms with E-state index < -0.39 is 0 Å². The van der Waals surface area contributed by atoms with Gasteiger partial charge in [-0.15, -0.1) is 0 Å². The fraction of sp³-hybridized carbons (Fsp3) is 0.125. The van der Waals surface area contributed by atoms with Gasteiger partial charge in [0, 0.05) is 21.3 Å². The molecule has 1 heterocycles. The average Bonchev–Trinajstić information content (AvgIpc) is 3.09. The predicted molar refractivity (Wildman–Crippen MR) is 132 cm³/mol. The SMILES string of the molecule is Cc1ccccc1-n1c(CNc2ccc(Cl)cc2)nn(CC(=O)c2ccc(Cl)cc2)c1=S. The standard InChI is InChI=1S/C24H20Cl2N4OS/c1-16-4-2-3-5-21(16)30-23(14-27-20-12-10-19(26)11-13-20)28-29(24(30)32)15-22(31)17-6-8-18(25)9-7-17/h2-13,27H,14-15H2,1H3. The number of carbonyl (C=O) groups excluding carboxylic acids is 1. The maximum atomic E-state index is 12.8. The number of nitrogens with one attached hydrogen (secondary N) is 1. The largest absolute Gasteiger partial charge is 0.378 e. The Hall–Kier alpha value is -2.93. The summed E-state index contributed by atoms with van der Waals surface area (Å²) >= 11 is 17.7. The summed E-state index contributed by atoms with van der Waals surface area (Å²) in [5, 5.41) is 9.28. The van der Waals surface area contributed by atoms with Crippen LogP contribution in [-0.2, 0) is 13.1 Å². The molecule has 32 heavy (non-hydrogen) atoms. The Kier molecular flexibility index (Phi) is 6.74. The number of hydrogen-bond donors (Lipinski definition) is 1. The summed E-state index contributed by atoms with van der Waals surface area (Å²) in [4.78, 5) is 12.8. The van der Waals surface area contributed by atoms with Crippen LogP contribution in [-0.4, -0.2) is 20.1 Å². The van der Waals surface area contributed by atoms with Crippen molar-refractivity contribution in [2.45, 2.75) is 20.0 Å². The lowest BCUT2D eigenvalue weighted by molar-refractivity contribution is 0.0967. The summed E-state index contributed by atoms with van der Waals surface area (Å²) in [6, 6.07) is 22.2. The second-order valence-electron chi connectivity index (χ2n) is 7.27. The molecule has 5 nitrogen and oxygen atoms in total. The molecule has 0 aliphatic heterocycles. The van der Waals surface area contributed by atoms with Gasteiger partial charge in [0.05, 0.1) is 12.2 Å². The van der Waals surface area contributed by atoms with Crippen molar-refractivity contribution in [1.82, 2.24) is 14.3 Å². The molecule has 1 aromatic heterocycles. The fourth-order valence-electron chi connectivity index (χ4n) is 3.34. The maximum absolute atomic E-state index is 12.8. The predicted octanol–water partition coefficient (Wildman–Crippen LogP) is 6.51. The van der Waals surface area contributed by atoms with Crippen LogP contribution < -0.4 is 5.32 Å². The van der Waals surface area contributed by atoms with E-state index in [0.717, 1.165) is 16.9 Å². The Morgan fingerprint density at radius 3 is 2.25 bits per heavy atom. The van der Waals surface area contributed by atoms with Gasteiger partial charge >= 0.3 is 0 Å². The summed E-state index contributed by atoms with van der Waals surface area (Å²) in [5.41, 5.74) is 3.45. The molecule has 0 unspecified atom stereocenters. The van der Waals surface area contributed by atoms with Crippen molar-refractivity contribution in [1.29, 1.82) is 0 Å². The third-order valence-corrected chi connectivity index (χ3v) is 5.91. The van der Waals surface area contributed by atoms with Gasteiger partial charge in [-0.3, -0.25) is 9.36 Å². The van der Waals surface area contributed by atoms with Gasteiger partial charge in [-0.2, -0.15) is 5.10 Å². The molecule has 162 valence electrons. The first kappa shape index (κ1) is 22.3. The highest BCUT2D eigenvalue weighted by atomic mass is 35.5. The van der Waals surface area contributed by atoms with E-state index in [1.54, 1.807) is 28.9 Å². The van der Waals surface area contributed by atoms with E-state index in [4.69, 9.17) is 35.4 Å². The van der Waals surface area contributed by atoms with Crippen molar-refractivity contribution in [2.75, 3.05) is 5.32 Å². The van der Waals surface area contributed by atoms with Gasteiger partial charge in [0.15, 0.2) is 11.6 Å². The maximum Gasteiger partial charge on any atom is 0.203 e. The molecule has 3 aromatic carbocycles. The van der Waals surface area contributed by atoms with Gasteiger partial charge in [0.1, 0.15) is 6.54 Å². The van der Waals surface area contributed by atoms with Crippen LogP contribution in [0.15, 0.2) is 72.8 Å². The molecule has 0 spiro atoms. The van der Waals surface area contributed by atoms with Crippen LogP contribution in [0.25, 0.3) is 5.69 Å². The summed E-state index contributed by atoms with van der Waals surface area (Å²) in [6.45, 7) is 2.47. The molecule has 0 aliphatic rings. The first-order valence-electron chi connectivity index (χ1n) is 9.95. The molecule has 0 amide bonds. The Balaban J connectivity index is 1.68. The number of carbonyl (C=O) groups is 1. The molecular formula is C24H20Cl2N4OS. The van der Waals surface area contributed by atoms with Gasteiger partial charge in [0.2, 0.25) is 4.77 Å². The highest BCUT2D eigenvalue weighted by Gasteiger charge is 2.17. The minimum absolute atomic E-state index is 0.0350. The second kappa shape index (κ2) is 9.69. The summed E-state index contributed by atoms with van der Waals surface area (Å²) < 4.78 is 3.93. The number of rotatable bonds is 7. The highest BCUT2D eigenvalue weighted by Crippen LogP contribution is 2.20. The van der Waals surface area contributed by atoms with Gasteiger partial charge in [0.25, 0.3) is 0 Å². The van der Waals surface area contributed by atoms with Gasteiger partial charge in [-0.1, -0.05) is 41.4 Å². The molecule has 0 saturated heterocycles. The molecule has 8 heteroatoms. The Bertz CT molecular complexity index is 1310. The van der Waals surface area contributed by atoms with Crippen molar-refractivity contribution in [2.24, 2.45) is 0 Å². The molecule has 1 N–H and O–H groups in total. The summed E-state index contributed by atoms with van der Waals surface area (Å²) in [6.07, 6.45) is 0. The summed E-state index contributed by atoms with van der Waals surface area (Å²) in [5.74, 6) is 0.604. The van der Waals surface area contributed by atoms with E-state index in [2.05, 4.69) is 10.4 Å². The van der Waals surface area contributed by atoms with Crippen LogP contribution in [0.4, 0.5) is 5.69 Å². The molecule has 0 saturated carbocycles. The highest BCUT2D eigenvalue weighted by molar-refractivity contribution is 7.71. The molecule has 4 rings (SSSR count). The van der Waals surface area contributed by atoms with Crippen molar-refractivity contribution in [3.63, 3.8) is 0 Å². The number of anilines is 1. The first-order chi connectivity index (χ1) is 15.4. The lowest BCUT2D eigenvalue weighted by Gasteiger charge is -2.11. The van der Waals surface area contributed by atoms with Crippen molar-refractivity contribution in [3.8, 4) is 5.69 Å². The van der Waals surface area contributed by atoms with E-state index in [1.165, 1.54) is 0 Å². The zero-order valence-corrected chi connectivity index (χ0v) is 19.6. The topological polar surface area (TPSA) is 51.9 Å². The lowest BCUT2D eigenvalue weighted by Crippen LogP contribution is -2.12. The van der Waals surface area contributed by atoms with Crippen LogP contribution in [0.1, 0.15) is 21.7 Å². The monoisotopic (exact) mass is 482 g/mol. The third-order valence-electron chi connectivity index (χ3n) is 5.02. The number of aromatic nitrogens is 3. The van der Waals surface area contributed by atoms with E-state index >= 15 is 0 Å². The Labute approximate surface area is 201 Å². The first-order valence-corrected chi connectivity index (χ1v) is 11.1. The Morgan fingerprint density at radius 2 is 1.59 bits per heavy atom. The number of nitrogens with zero attached hydrogens (tertiary/aromatic N) is 3. The molecule has 0 aliphatic carbocycles. The van der Waals surface area contributed by atoms with Crippen LogP contribution in [0.2, 0.25) is 10.0 Å². The second-order valence-corrected chi connectivity index (χ2v) is 8.51. The zero-order chi connectivity index (χ0) is 22.7. The van der Waals surface area contributed by atoms with Crippen molar-refractivity contribution >= 4 is 46.9 Å². The third kappa shape index (κ3) is 4.93.